The summed E-state index contributed by atoms with van der Waals surface area (Å²) in [5, 5.41) is 3.68. The first kappa shape index (κ1) is 15.8. The van der Waals surface area contributed by atoms with Crippen molar-refractivity contribution in [2.45, 2.75) is 39.7 Å². The molecule has 1 aliphatic heterocycles. The van der Waals surface area contributed by atoms with E-state index in [1.54, 1.807) is 0 Å². The maximum atomic E-state index is 11.6. The lowest BCUT2D eigenvalue weighted by molar-refractivity contribution is -0.144. The molecule has 1 aliphatic rings. The molecule has 6 heteroatoms. The first-order valence-electron chi connectivity index (χ1n) is 6.80. The van der Waals surface area contributed by atoms with Gasteiger partial charge in [0.15, 0.2) is 0 Å². The number of hydrogen-bond acceptors (Lipinski definition) is 4. The highest BCUT2D eigenvalue weighted by Crippen LogP contribution is 2.31. The van der Waals surface area contributed by atoms with Gasteiger partial charge in [0.05, 0.1) is 6.61 Å². The van der Waals surface area contributed by atoms with Crippen LogP contribution in [0.3, 0.4) is 0 Å². The van der Waals surface area contributed by atoms with Gasteiger partial charge in [0.25, 0.3) is 0 Å². The Bertz CT molecular complexity index is 358. The minimum atomic E-state index is -0.158. The van der Waals surface area contributed by atoms with E-state index >= 15 is 0 Å². The Kier molecular flexibility index (Phi) is 5.63. The van der Waals surface area contributed by atoms with Gasteiger partial charge in [-0.15, -0.1) is 0 Å². The van der Waals surface area contributed by atoms with Crippen molar-refractivity contribution >= 4 is 5.97 Å². The van der Waals surface area contributed by atoms with Crippen LogP contribution in [-0.2, 0) is 9.53 Å². The summed E-state index contributed by atoms with van der Waals surface area (Å²) in [7, 11) is 0. The van der Waals surface area contributed by atoms with Crippen LogP contribution in [0.25, 0.3) is 10.4 Å². The second-order valence-electron chi connectivity index (χ2n) is 6.02. The van der Waals surface area contributed by atoms with Gasteiger partial charge in [-0.05, 0) is 45.1 Å². The standard InChI is InChI=1S/C13H24N4O2/c1-5-19-12(18)6-10-8-17(13(2,3)4)9-11(10)7-15-16-14/h10-11H,5-9H2,1-4H3. The summed E-state index contributed by atoms with van der Waals surface area (Å²) in [6.45, 7) is 10.9. The molecule has 1 saturated heterocycles. The number of nitrogens with zero attached hydrogens (tertiary/aromatic N) is 4. The Hall–Kier alpha value is -1.26. The summed E-state index contributed by atoms with van der Waals surface area (Å²) < 4.78 is 5.02. The van der Waals surface area contributed by atoms with Crippen LogP contribution < -0.4 is 0 Å². The molecule has 0 aromatic rings. The van der Waals surface area contributed by atoms with E-state index in [0.717, 1.165) is 13.1 Å². The number of azide groups is 1. The van der Waals surface area contributed by atoms with E-state index < -0.39 is 0 Å². The molecule has 0 aliphatic carbocycles. The quantitative estimate of drug-likeness (QED) is 0.333. The predicted octanol–water partition coefficient (Wildman–Crippen LogP) is 2.60. The maximum absolute atomic E-state index is 11.6. The van der Waals surface area contributed by atoms with Gasteiger partial charge in [0.2, 0.25) is 0 Å². The number of likely N-dealkylation sites (tertiary alicyclic amines) is 1. The smallest absolute Gasteiger partial charge is 0.306 e. The zero-order chi connectivity index (χ0) is 14.5. The maximum Gasteiger partial charge on any atom is 0.306 e. The van der Waals surface area contributed by atoms with Crippen LogP contribution in [0.4, 0.5) is 0 Å². The van der Waals surface area contributed by atoms with Crippen LogP contribution in [-0.4, -0.2) is 42.6 Å². The van der Waals surface area contributed by atoms with Crippen molar-refractivity contribution in [2.75, 3.05) is 26.2 Å². The third-order valence-electron chi connectivity index (χ3n) is 3.64. The summed E-state index contributed by atoms with van der Waals surface area (Å²) in [4.78, 5) is 16.8. The fraction of sp³-hybridized carbons (Fsp3) is 0.923. The fourth-order valence-corrected chi connectivity index (χ4v) is 2.50. The van der Waals surface area contributed by atoms with Crippen LogP contribution >= 0.6 is 0 Å². The van der Waals surface area contributed by atoms with Gasteiger partial charge < -0.3 is 4.74 Å². The van der Waals surface area contributed by atoms with Gasteiger partial charge in [-0.25, -0.2) is 0 Å². The first-order chi connectivity index (χ1) is 8.88. The van der Waals surface area contributed by atoms with Gasteiger partial charge >= 0.3 is 5.97 Å². The Morgan fingerprint density at radius 2 is 2.05 bits per heavy atom. The van der Waals surface area contributed by atoms with Crippen LogP contribution in [0, 0.1) is 11.8 Å². The summed E-state index contributed by atoms with van der Waals surface area (Å²) in [5.41, 5.74) is 8.53. The molecular formula is C13H24N4O2. The Labute approximate surface area is 114 Å². The van der Waals surface area contributed by atoms with E-state index in [9.17, 15) is 4.79 Å². The van der Waals surface area contributed by atoms with Crippen molar-refractivity contribution in [3.05, 3.63) is 10.4 Å². The second-order valence-corrected chi connectivity index (χ2v) is 6.02. The fourth-order valence-electron chi connectivity index (χ4n) is 2.50. The lowest BCUT2D eigenvalue weighted by Gasteiger charge is -2.31. The lowest BCUT2D eigenvalue weighted by Crippen LogP contribution is -2.39. The molecule has 0 bridgehead atoms. The molecule has 0 N–H and O–H groups in total. The van der Waals surface area contributed by atoms with E-state index in [2.05, 4.69) is 35.7 Å². The average molecular weight is 268 g/mol. The largest absolute Gasteiger partial charge is 0.466 e. The zero-order valence-electron chi connectivity index (χ0n) is 12.3. The third-order valence-corrected chi connectivity index (χ3v) is 3.64. The average Bonchev–Trinajstić information content (AvgIpc) is 2.69. The highest BCUT2D eigenvalue weighted by atomic mass is 16.5. The van der Waals surface area contributed by atoms with Crippen molar-refractivity contribution in [1.82, 2.24) is 4.90 Å². The van der Waals surface area contributed by atoms with Crippen molar-refractivity contribution < 1.29 is 9.53 Å². The molecule has 2 unspecified atom stereocenters. The normalized spacial score (nSPS) is 24.0. The number of carbonyl (C=O) groups is 1. The molecule has 2 atom stereocenters. The van der Waals surface area contributed by atoms with Gasteiger partial charge in [-0.2, -0.15) is 0 Å². The van der Waals surface area contributed by atoms with Crippen molar-refractivity contribution in [1.29, 1.82) is 0 Å². The highest BCUT2D eigenvalue weighted by Gasteiger charge is 2.38. The topological polar surface area (TPSA) is 78.3 Å². The molecule has 1 fully saturated rings. The van der Waals surface area contributed by atoms with E-state index in [1.165, 1.54) is 0 Å². The summed E-state index contributed by atoms with van der Waals surface area (Å²) in [6.07, 6.45) is 0.409. The van der Waals surface area contributed by atoms with Crippen molar-refractivity contribution in [3.63, 3.8) is 0 Å². The Morgan fingerprint density at radius 3 is 2.58 bits per heavy atom. The zero-order valence-corrected chi connectivity index (χ0v) is 12.3. The molecule has 6 nitrogen and oxygen atoms in total. The van der Waals surface area contributed by atoms with Gasteiger partial charge in [-0.3, -0.25) is 9.69 Å². The minimum Gasteiger partial charge on any atom is -0.466 e. The first-order valence-corrected chi connectivity index (χ1v) is 6.80. The number of carbonyl (C=O) groups excluding carboxylic acids is 1. The summed E-state index contributed by atoms with van der Waals surface area (Å²) >= 11 is 0. The molecule has 19 heavy (non-hydrogen) atoms. The molecule has 0 aromatic carbocycles. The van der Waals surface area contributed by atoms with Gasteiger partial charge in [-0.1, -0.05) is 5.11 Å². The number of esters is 1. The molecule has 1 rings (SSSR count). The van der Waals surface area contributed by atoms with Crippen LogP contribution in [0.2, 0.25) is 0 Å². The molecule has 0 amide bonds. The summed E-state index contributed by atoms with van der Waals surface area (Å²) in [5.74, 6) is 0.289. The molecule has 1 heterocycles. The number of hydrogen-bond donors (Lipinski definition) is 0. The minimum absolute atomic E-state index is 0.0675. The molecule has 0 radical (unpaired) electrons. The van der Waals surface area contributed by atoms with Gasteiger partial charge in [0.1, 0.15) is 0 Å². The number of ether oxygens (including phenoxy) is 1. The molecular weight excluding hydrogens is 244 g/mol. The van der Waals surface area contributed by atoms with Crippen LogP contribution in [0.5, 0.6) is 0 Å². The summed E-state index contributed by atoms with van der Waals surface area (Å²) in [6, 6.07) is 0. The van der Waals surface area contributed by atoms with E-state index in [-0.39, 0.29) is 23.3 Å². The highest BCUT2D eigenvalue weighted by molar-refractivity contribution is 5.69. The Balaban J connectivity index is 2.68. The van der Waals surface area contributed by atoms with Crippen molar-refractivity contribution in [3.8, 4) is 0 Å². The van der Waals surface area contributed by atoms with E-state index in [0.29, 0.717) is 19.6 Å². The van der Waals surface area contributed by atoms with Gasteiger partial charge in [0, 0.05) is 36.5 Å². The Morgan fingerprint density at radius 1 is 1.42 bits per heavy atom. The monoisotopic (exact) mass is 268 g/mol. The van der Waals surface area contributed by atoms with E-state index in [1.807, 2.05) is 6.92 Å². The molecule has 0 saturated carbocycles. The molecule has 0 spiro atoms. The van der Waals surface area contributed by atoms with Crippen LogP contribution in [0.1, 0.15) is 34.1 Å². The third kappa shape index (κ3) is 4.73. The van der Waals surface area contributed by atoms with Crippen LogP contribution in [0.15, 0.2) is 5.11 Å². The predicted molar refractivity (Wildman–Crippen MR) is 73.6 cm³/mol. The number of rotatable bonds is 5. The molecule has 108 valence electrons. The molecule has 0 aromatic heterocycles. The second kappa shape index (κ2) is 6.78. The van der Waals surface area contributed by atoms with E-state index in [4.69, 9.17) is 10.3 Å². The SMILES string of the molecule is CCOC(=O)CC1CN(C(C)(C)C)CC1CN=[N+]=[N-]. The lowest BCUT2D eigenvalue weighted by atomic mass is 9.93. The van der Waals surface area contributed by atoms with Crippen molar-refractivity contribution in [2.24, 2.45) is 17.0 Å².